The summed E-state index contributed by atoms with van der Waals surface area (Å²) in [6.07, 6.45) is 4.07. The van der Waals surface area contributed by atoms with Crippen molar-refractivity contribution in [1.29, 1.82) is 0 Å². The molecule has 0 aromatic heterocycles. The minimum absolute atomic E-state index is 0.231. The molecule has 1 spiro atoms. The van der Waals surface area contributed by atoms with E-state index in [2.05, 4.69) is 16.8 Å². The van der Waals surface area contributed by atoms with Crippen molar-refractivity contribution >= 4 is 5.91 Å². The number of carbonyl (C=O) groups is 1. The van der Waals surface area contributed by atoms with Crippen molar-refractivity contribution in [3.8, 4) is 0 Å². The van der Waals surface area contributed by atoms with Crippen molar-refractivity contribution in [2.75, 3.05) is 59.5 Å². The molecule has 0 unspecified atom stereocenters. The lowest BCUT2D eigenvalue weighted by molar-refractivity contribution is -0.180. The van der Waals surface area contributed by atoms with Crippen LogP contribution in [0.15, 0.2) is 0 Å². The number of hydrogen-bond donors (Lipinski definition) is 1. The van der Waals surface area contributed by atoms with E-state index in [1.54, 1.807) is 0 Å². The molecule has 23 heavy (non-hydrogen) atoms. The summed E-state index contributed by atoms with van der Waals surface area (Å²) < 4.78 is 5.92. The summed E-state index contributed by atoms with van der Waals surface area (Å²) in [5.74, 6) is 0.231. The Bertz CT molecular complexity index is 410. The molecule has 0 aliphatic carbocycles. The number of hydrogen-bond acceptors (Lipinski definition) is 5. The molecule has 6 heteroatoms. The van der Waals surface area contributed by atoms with Crippen LogP contribution in [0, 0.1) is 0 Å². The van der Waals surface area contributed by atoms with Crippen LogP contribution in [0.25, 0.3) is 0 Å². The molecule has 3 rings (SSSR count). The van der Waals surface area contributed by atoms with E-state index in [4.69, 9.17) is 4.74 Å². The van der Waals surface area contributed by atoms with Gasteiger partial charge in [0, 0.05) is 32.8 Å². The summed E-state index contributed by atoms with van der Waals surface area (Å²) in [6, 6.07) is 0. The number of carbonyl (C=O) groups excluding carboxylic acids is 1. The summed E-state index contributed by atoms with van der Waals surface area (Å²) in [7, 11) is 2.14. The maximum Gasteiger partial charge on any atom is 0.236 e. The number of likely N-dealkylation sites (N-methyl/N-ethyl adjacent to an activating group) is 1. The van der Waals surface area contributed by atoms with Gasteiger partial charge < -0.3 is 19.6 Å². The molecule has 3 fully saturated rings. The molecule has 1 amide bonds. The molecule has 132 valence electrons. The number of likely N-dealkylation sites (tertiary alicyclic amines) is 1. The highest BCUT2D eigenvalue weighted by atomic mass is 16.5. The highest BCUT2D eigenvalue weighted by molar-refractivity contribution is 5.78. The van der Waals surface area contributed by atoms with E-state index in [0.717, 1.165) is 64.9 Å². The van der Waals surface area contributed by atoms with E-state index < -0.39 is 0 Å². The van der Waals surface area contributed by atoms with Crippen molar-refractivity contribution in [2.45, 2.75) is 43.8 Å². The second-order valence-electron chi connectivity index (χ2n) is 7.39. The Morgan fingerprint density at radius 1 is 1.13 bits per heavy atom. The lowest BCUT2D eigenvalue weighted by atomic mass is 9.82. The van der Waals surface area contributed by atoms with Crippen molar-refractivity contribution in [1.82, 2.24) is 14.7 Å². The molecule has 0 radical (unpaired) electrons. The lowest BCUT2D eigenvalue weighted by Crippen LogP contribution is -2.57. The lowest BCUT2D eigenvalue weighted by Gasteiger charge is -2.46. The zero-order valence-corrected chi connectivity index (χ0v) is 14.4. The number of nitrogens with zero attached hydrogens (tertiary/aromatic N) is 3. The Hall–Kier alpha value is -0.690. The predicted molar refractivity (Wildman–Crippen MR) is 88.3 cm³/mol. The molecule has 3 aliphatic heterocycles. The average molecular weight is 325 g/mol. The molecule has 0 bridgehead atoms. The molecule has 0 aromatic carbocycles. The van der Waals surface area contributed by atoms with Crippen molar-refractivity contribution in [3.63, 3.8) is 0 Å². The fourth-order valence-corrected chi connectivity index (χ4v) is 4.07. The molecule has 0 aromatic rings. The fourth-order valence-electron chi connectivity index (χ4n) is 4.07. The topological polar surface area (TPSA) is 56.2 Å². The minimum atomic E-state index is -0.389. The van der Waals surface area contributed by atoms with Crippen LogP contribution >= 0.6 is 0 Å². The Morgan fingerprint density at radius 3 is 2.65 bits per heavy atom. The summed E-state index contributed by atoms with van der Waals surface area (Å²) in [6.45, 7) is 6.84. The van der Waals surface area contributed by atoms with Crippen LogP contribution in [0.1, 0.15) is 32.1 Å². The molecule has 0 saturated carbocycles. The largest absolute Gasteiger partial charge is 0.390 e. The van der Waals surface area contributed by atoms with Gasteiger partial charge in [0.1, 0.15) is 0 Å². The van der Waals surface area contributed by atoms with Crippen LogP contribution in [-0.4, -0.2) is 96.9 Å². The maximum atomic E-state index is 12.6. The van der Waals surface area contributed by atoms with Crippen molar-refractivity contribution in [2.24, 2.45) is 0 Å². The van der Waals surface area contributed by atoms with Crippen molar-refractivity contribution < 1.29 is 14.6 Å². The number of aliphatic hydroxyl groups is 1. The van der Waals surface area contributed by atoms with E-state index in [-0.39, 0.29) is 17.6 Å². The Morgan fingerprint density at radius 2 is 1.91 bits per heavy atom. The number of amides is 1. The van der Waals surface area contributed by atoms with Gasteiger partial charge in [-0.05, 0) is 52.2 Å². The first-order chi connectivity index (χ1) is 11.1. The van der Waals surface area contributed by atoms with Gasteiger partial charge in [-0.25, -0.2) is 0 Å². The van der Waals surface area contributed by atoms with E-state index in [9.17, 15) is 9.90 Å². The summed E-state index contributed by atoms with van der Waals surface area (Å²) in [5.41, 5.74) is -0.389. The zero-order valence-electron chi connectivity index (χ0n) is 14.4. The van der Waals surface area contributed by atoms with E-state index in [0.29, 0.717) is 19.6 Å². The molecule has 3 aliphatic rings. The number of rotatable bonds is 2. The molecule has 3 heterocycles. The second kappa shape index (κ2) is 7.47. The smallest absolute Gasteiger partial charge is 0.236 e. The number of piperidine rings is 1. The third kappa shape index (κ3) is 4.05. The summed E-state index contributed by atoms with van der Waals surface area (Å²) >= 11 is 0. The Kier molecular flexibility index (Phi) is 5.57. The first-order valence-corrected chi connectivity index (χ1v) is 9.10. The van der Waals surface area contributed by atoms with Crippen molar-refractivity contribution in [3.05, 3.63) is 0 Å². The first kappa shape index (κ1) is 17.1. The Labute approximate surface area is 139 Å². The molecular weight excluding hydrogens is 294 g/mol. The number of aliphatic hydroxyl groups excluding tert-OH is 1. The molecule has 1 atom stereocenters. The minimum Gasteiger partial charge on any atom is -0.390 e. The fraction of sp³-hybridized carbons (Fsp3) is 0.941. The summed E-state index contributed by atoms with van der Waals surface area (Å²) in [4.78, 5) is 19.2. The first-order valence-electron chi connectivity index (χ1n) is 9.10. The highest BCUT2D eigenvalue weighted by Gasteiger charge is 2.44. The SMILES string of the molecule is CN1CCCN(CC(=O)N2CCC3(CC2)OCCC[C@@H]3O)CC1. The zero-order chi connectivity index (χ0) is 16.3. The van der Waals surface area contributed by atoms with Crippen LogP contribution < -0.4 is 0 Å². The quantitative estimate of drug-likeness (QED) is 0.784. The normalized spacial score (nSPS) is 30.3. The van der Waals surface area contributed by atoms with Crippen LogP contribution in [0.2, 0.25) is 0 Å². The molecular formula is C17H31N3O3. The second-order valence-corrected chi connectivity index (χ2v) is 7.39. The highest BCUT2D eigenvalue weighted by Crippen LogP contribution is 2.35. The monoisotopic (exact) mass is 325 g/mol. The molecule has 3 saturated heterocycles. The van der Waals surface area contributed by atoms with E-state index in [1.807, 2.05) is 4.90 Å². The molecule has 1 N–H and O–H groups in total. The van der Waals surface area contributed by atoms with Gasteiger partial charge in [0.05, 0.1) is 18.2 Å². The third-order valence-electron chi connectivity index (χ3n) is 5.75. The standard InChI is InChI=1S/C17H31N3O3/c1-18-7-3-8-19(12-11-18)14-16(22)20-9-5-17(6-10-20)15(21)4-2-13-23-17/h15,21H,2-14H2,1H3/t15-/m0/s1. The Balaban J connectivity index is 1.48. The van der Waals surface area contributed by atoms with Gasteiger partial charge in [0.2, 0.25) is 5.91 Å². The van der Waals surface area contributed by atoms with Crippen LogP contribution in [0.4, 0.5) is 0 Å². The molecule has 6 nitrogen and oxygen atoms in total. The van der Waals surface area contributed by atoms with Gasteiger partial charge >= 0.3 is 0 Å². The van der Waals surface area contributed by atoms with Gasteiger partial charge in [0.25, 0.3) is 0 Å². The van der Waals surface area contributed by atoms with Crippen LogP contribution in [0.5, 0.6) is 0 Å². The van der Waals surface area contributed by atoms with Crippen LogP contribution in [0.3, 0.4) is 0 Å². The van der Waals surface area contributed by atoms with Gasteiger partial charge in [0.15, 0.2) is 0 Å². The predicted octanol–water partition coefficient (Wildman–Crippen LogP) is 0.156. The van der Waals surface area contributed by atoms with Crippen LogP contribution in [-0.2, 0) is 9.53 Å². The third-order valence-corrected chi connectivity index (χ3v) is 5.75. The van der Waals surface area contributed by atoms with Gasteiger partial charge in [-0.15, -0.1) is 0 Å². The van der Waals surface area contributed by atoms with E-state index in [1.165, 1.54) is 0 Å². The van der Waals surface area contributed by atoms with E-state index >= 15 is 0 Å². The maximum absolute atomic E-state index is 12.6. The van der Waals surface area contributed by atoms with Gasteiger partial charge in [-0.3, -0.25) is 9.69 Å². The summed E-state index contributed by atoms with van der Waals surface area (Å²) in [5, 5.41) is 10.3. The van der Waals surface area contributed by atoms with Gasteiger partial charge in [-0.2, -0.15) is 0 Å². The average Bonchev–Trinajstić information content (AvgIpc) is 2.76. The number of ether oxygens (including phenoxy) is 1. The van der Waals surface area contributed by atoms with Gasteiger partial charge in [-0.1, -0.05) is 0 Å².